The van der Waals surface area contributed by atoms with Crippen molar-refractivity contribution in [2.75, 3.05) is 12.9 Å². The average molecular weight is 528 g/mol. The number of para-hydroxylation sites is 1. The van der Waals surface area contributed by atoms with Crippen molar-refractivity contribution in [1.82, 2.24) is 9.47 Å². The molecule has 2 aromatic carbocycles. The molecule has 3 heterocycles. The first-order chi connectivity index (χ1) is 18.0. The highest BCUT2D eigenvalue weighted by Crippen LogP contribution is 2.49. The van der Waals surface area contributed by atoms with Crippen LogP contribution in [-0.2, 0) is 16.1 Å². The molecule has 0 N–H and O–H groups in total. The fraction of sp³-hybridized carbons (Fsp3) is 0.200. The molecule has 5 nitrogen and oxygen atoms in total. The van der Waals surface area contributed by atoms with Crippen LogP contribution in [0.1, 0.15) is 31.0 Å². The fourth-order valence-corrected chi connectivity index (χ4v) is 6.32. The molecule has 3 aromatic rings. The average Bonchev–Trinajstić information content (AvgIpc) is 3.40. The van der Waals surface area contributed by atoms with E-state index in [-0.39, 0.29) is 12.0 Å². The van der Waals surface area contributed by atoms with Gasteiger partial charge in [0.2, 0.25) is 0 Å². The van der Waals surface area contributed by atoms with Gasteiger partial charge in [0.1, 0.15) is 0 Å². The molecule has 0 amide bonds. The minimum atomic E-state index is -0.365. The number of aromatic nitrogens is 1. The SMILES string of the molecule is C=CCn1cc(/C=C2\SC3=NC(C)=C(C(=O)OCC)C(c4ccc(SC)cc4)N3C2=C)c2ccccc21. The Balaban J connectivity index is 1.60. The number of benzene rings is 2. The Morgan fingerprint density at radius 1 is 1.22 bits per heavy atom. The standard InChI is InChI=1S/C30H29N3O2S2/c1-6-16-32-18-22(24-10-8-9-11-25(24)32)17-26-20(4)33-28(21-12-14-23(36-5)15-13-21)27(29(34)35-7-2)19(3)31-30(33)37-26/h6,8-15,17-18,28H,1,4,7,16H2,2-3,5H3/b26-17-. The number of allylic oxidation sites excluding steroid dienone is 2. The van der Waals surface area contributed by atoms with Gasteiger partial charge < -0.3 is 14.2 Å². The number of carbonyl (C=O) groups excluding carboxylic acids is 1. The quantitative estimate of drug-likeness (QED) is 0.182. The predicted molar refractivity (Wildman–Crippen MR) is 156 cm³/mol. The highest BCUT2D eigenvalue weighted by atomic mass is 32.2. The second-order valence-corrected chi connectivity index (χ2v) is 10.6. The molecular weight excluding hydrogens is 498 g/mol. The van der Waals surface area contributed by atoms with Crippen LogP contribution in [0, 0.1) is 0 Å². The van der Waals surface area contributed by atoms with Gasteiger partial charge >= 0.3 is 5.97 Å². The Bertz CT molecular complexity index is 1490. The maximum Gasteiger partial charge on any atom is 0.338 e. The monoisotopic (exact) mass is 527 g/mol. The van der Waals surface area contributed by atoms with Crippen LogP contribution in [0.3, 0.4) is 0 Å². The van der Waals surface area contributed by atoms with E-state index in [4.69, 9.17) is 9.73 Å². The number of fused-ring (bicyclic) bond motifs is 2. The number of esters is 1. The van der Waals surface area contributed by atoms with Crippen LogP contribution in [0.2, 0.25) is 0 Å². The lowest BCUT2D eigenvalue weighted by Gasteiger charge is -2.34. The number of hydrogen-bond acceptors (Lipinski definition) is 6. The molecule has 1 saturated heterocycles. The van der Waals surface area contributed by atoms with Gasteiger partial charge in [-0.15, -0.1) is 18.3 Å². The zero-order chi connectivity index (χ0) is 26.1. The zero-order valence-corrected chi connectivity index (χ0v) is 22.9. The Labute approximate surface area is 226 Å². The number of aliphatic imine (C=N–C) groups is 1. The van der Waals surface area contributed by atoms with E-state index >= 15 is 0 Å². The van der Waals surface area contributed by atoms with Crippen LogP contribution in [0.25, 0.3) is 17.0 Å². The summed E-state index contributed by atoms with van der Waals surface area (Å²) in [6.07, 6.45) is 8.28. The maximum atomic E-state index is 13.2. The lowest BCUT2D eigenvalue weighted by atomic mass is 9.94. The predicted octanol–water partition coefficient (Wildman–Crippen LogP) is 7.40. The van der Waals surface area contributed by atoms with Gasteiger partial charge in [-0.1, -0.05) is 43.0 Å². The van der Waals surface area contributed by atoms with Gasteiger partial charge in [0.15, 0.2) is 5.17 Å². The zero-order valence-electron chi connectivity index (χ0n) is 21.2. The molecule has 7 heteroatoms. The molecule has 1 aromatic heterocycles. The molecule has 1 fully saturated rings. The van der Waals surface area contributed by atoms with E-state index in [1.54, 1.807) is 23.5 Å². The largest absolute Gasteiger partial charge is 0.463 e. The van der Waals surface area contributed by atoms with Gasteiger partial charge in [-0.25, -0.2) is 9.79 Å². The molecule has 2 aliphatic rings. The van der Waals surface area contributed by atoms with Crippen molar-refractivity contribution in [1.29, 1.82) is 0 Å². The number of ether oxygens (including phenoxy) is 1. The summed E-state index contributed by atoms with van der Waals surface area (Å²) in [5, 5.41) is 1.98. The summed E-state index contributed by atoms with van der Waals surface area (Å²) in [7, 11) is 0. The van der Waals surface area contributed by atoms with Crippen molar-refractivity contribution in [3.05, 3.63) is 107 Å². The third-order valence-corrected chi connectivity index (χ3v) is 8.31. The summed E-state index contributed by atoms with van der Waals surface area (Å²) in [6, 6.07) is 16.3. The lowest BCUT2D eigenvalue weighted by molar-refractivity contribution is -0.139. The summed E-state index contributed by atoms with van der Waals surface area (Å²) < 4.78 is 7.67. The van der Waals surface area contributed by atoms with Crippen LogP contribution in [0.5, 0.6) is 0 Å². The summed E-state index contributed by atoms with van der Waals surface area (Å²) >= 11 is 3.27. The number of carbonyl (C=O) groups is 1. The van der Waals surface area contributed by atoms with Crippen LogP contribution in [0.4, 0.5) is 0 Å². The van der Waals surface area contributed by atoms with E-state index in [9.17, 15) is 4.79 Å². The summed E-state index contributed by atoms with van der Waals surface area (Å²) in [6.45, 7) is 13.1. The second-order valence-electron chi connectivity index (χ2n) is 8.76. The van der Waals surface area contributed by atoms with Gasteiger partial charge in [0.05, 0.1) is 29.6 Å². The van der Waals surface area contributed by atoms with E-state index in [0.717, 1.165) is 43.9 Å². The topological polar surface area (TPSA) is 46.8 Å². The highest BCUT2D eigenvalue weighted by molar-refractivity contribution is 8.17. The molecule has 0 radical (unpaired) electrons. The van der Waals surface area contributed by atoms with Gasteiger partial charge in [-0.3, -0.25) is 0 Å². The molecule has 0 bridgehead atoms. The third-order valence-electron chi connectivity index (χ3n) is 6.53. The van der Waals surface area contributed by atoms with Crippen molar-refractivity contribution in [3.63, 3.8) is 0 Å². The summed E-state index contributed by atoms with van der Waals surface area (Å²) in [5.41, 5.74) is 5.31. The molecular formula is C30H29N3O2S2. The summed E-state index contributed by atoms with van der Waals surface area (Å²) in [4.78, 5) is 22.2. The molecule has 0 spiro atoms. The van der Waals surface area contributed by atoms with E-state index < -0.39 is 0 Å². The van der Waals surface area contributed by atoms with E-state index in [0.29, 0.717) is 17.9 Å². The number of rotatable bonds is 7. The molecule has 188 valence electrons. The molecule has 0 aliphatic carbocycles. The van der Waals surface area contributed by atoms with Crippen molar-refractivity contribution >= 4 is 51.6 Å². The Morgan fingerprint density at radius 2 is 1.97 bits per heavy atom. The smallest absolute Gasteiger partial charge is 0.338 e. The first kappa shape index (κ1) is 25.2. The van der Waals surface area contributed by atoms with Crippen molar-refractivity contribution in [3.8, 4) is 0 Å². The van der Waals surface area contributed by atoms with E-state index in [2.05, 4.69) is 89.7 Å². The van der Waals surface area contributed by atoms with Crippen molar-refractivity contribution < 1.29 is 9.53 Å². The first-order valence-electron chi connectivity index (χ1n) is 12.1. The Hall–Kier alpha value is -3.42. The Morgan fingerprint density at radius 3 is 2.68 bits per heavy atom. The number of thioether (sulfide) groups is 2. The second kappa shape index (κ2) is 10.5. The highest BCUT2D eigenvalue weighted by Gasteiger charge is 2.42. The molecule has 1 unspecified atom stereocenters. The molecule has 0 saturated carbocycles. The van der Waals surface area contributed by atoms with Crippen molar-refractivity contribution in [2.45, 2.75) is 31.3 Å². The summed E-state index contributed by atoms with van der Waals surface area (Å²) in [5.74, 6) is -0.343. The minimum Gasteiger partial charge on any atom is -0.463 e. The normalized spacial score (nSPS) is 18.4. The first-order valence-corrected chi connectivity index (χ1v) is 14.2. The molecule has 1 atom stereocenters. The number of nitrogens with zero attached hydrogens (tertiary/aromatic N) is 3. The van der Waals surface area contributed by atoms with E-state index in [1.165, 1.54) is 5.39 Å². The van der Waals surface area contributed by atoms with E-state index in [1.807, 2.05) is 19.9 Å². The molecule has 5 rings (SSSR count). The fourth-order valence-electron chi connectivity index (χ4n) is 4.82. The minimum absolute atomic E-state index is 0.305. The van der Waals surface area contributed by atoms with Crippen molar-refractivity contribution in [2.24, 2.45) is 4.99 Å². The van der Waals surface area contributed by atoms with Crippen LogP contribution in [0.15, 0.2) is 106 Å². The third kappa shape index (κ3) is 4.58. The van der Waals surface area contributed by atoms with Crippen LogP contribution >= 0.6 is 23.5 Å². The Kier molecular flexibility index (Phi) is 7.17. The number of hydrogen-bond donors (Lipinski definition) is 0. The van der Waals surface area contributed by atoms with Gasteiger partial charge in [-0.2, -0.15) is 0 Å². The van der Waals surface area contributed by atoms with Crippen LogP contribution in [-0.4, -0.2) is 33.5 Å². The van der Waals surface area contributed by atoms with Gasteiger partial charge in [-0.05, 0) is 61.7 Å². The van der Waals surface area contributed by atoms with Crippen LogP contribution < -0.4 is 0 Å². The van der Waals surface area contributed by atoms with Gasteiger partial charge in [0.25, 0.3) is 0 Å². The molecule has 37 heavy (non-hydrogen) atoms. The molecule has 2 aliphatic heterocycles. The number of amidine groups is 1. The lowest BCUT2D eigenvalue weighted by Crippen LogP contribution is -2.35. The van der Waals surface area contributed by atoms with Gasteiger partial charge in [0, 0.05) is 39.0 Å². The maximum absolute atomic E-state index is 13.2.